The highest BCUT2D eigenvalue weighted by Gasteiger charge is 2.10. The first-order chi connectivity index (χ1) is 10.6. The average Bonchev–Trinajstić information content (AvgIpc) is 2.53. The van der Waals surface area contributed by atoms with Crippen LogP contribution in [0.5, 0.6) is 0 Å². The Balaban J connectivity index is 2.22. The molecule has 0 aliphatic carbocycles. The number of rotatable bonds is 2. The molecule has 0 aliphatic heterocycles. The fourth-order valence-electron chi connectivity index (χ4n) is 2.59. The first-order valence-corrected chi connectivity index (χ1v) is 7.47. The first-order valence-electron chi connectivity index (χ1n) is 7.10. The van der Waals surface area contributed by atoms with E-state index in [0.29, 0.717) is 16.0 Å². The van der Waals surface area contributed by atoms with E-state index in [-0.39, 0.29) is 5.43 Å². The molecule has 0 bridgehead atoms. The zero-order valence-electron chi connectivity index (χ0n) is 12.5. The minimum atomic E-state index is 0.0141. The number of hydrogen-bond donors (Lipinski definition) is 0. The van der Waals surface area contributed by atoms with Crippen molar-refractivity contribution in [3.63, 3.8) is 0 Å². The normalized spacial score (nSPS) is 11.4. The molecule has 1 aromatic heterocycles. The summed E-state index contributed by atoms with van der Waals surface area (Å²) in [6.07, 6.45) is 3.84. The van der Waals surface area contributed by atoms with Gasteiger partial charge in [0.15, 0.2) is 5.43 Å². The summed E-state index contributed by atoms with van der Waals surface area (Å²) in [6.45, 7) is 1.96. The largest absolute Gasteiger partial charge is 0.347 e. The molecule has 22 heavy (non-hydrogen) atoms. The third-order valence-electron chi connectivity index (χ3n) is 3.94. The number of nitrogens with zero attached hydrogens (tertiary/aromatic N) is 1. The standard InChI is InChI=1S/C19H16ClNO/c1-13-16(10-8-14-6-4-3-5-7-14)19(22)17-12-15(20)9-11-18(17)21(13)2/h3-12H,1-2H3/b10-8+. The summed E-state index contributed by atoms with van der Waals surface area (Å²) in [5.41, 5.74) is 3.60. The lowest BCUT2D eigenvalue weighted by Crippen LogP contribution is -2.14. The van der Waals surface area contributed by atoms with Gasteiger partial charge in [-0.15, -0.1) is 0 Å². The second kappa shape index (κ2) is 5.82. The Morgan fingerprint density at radius 3 is 2.50 bits per heavy atom. The molecule has 0 aliphatic rings. The minimum absolute atomic E-state index is 0.0141. The van der Waals surface area contributed by atoms with Crippen LogP contribution in [0.25, 0.3) is 23.1 Å². The van der Waals surface area contributed by atoms with E-state index in [1.54, 1.807) is 6.07 Å². The monoisotopic (exact) mass is 309 g/mol. The number of pyridine rings is 1. The lowest BCUT2D eigenvalue weighted by Gasteiger charge is -2.12. The van der Waals surface area contributed by atoms with Crippen LogP contribution in [0.1, 0.15) is 16.8 Å². The molecule has 2 aromatic carbocycles. The van der Waals surface area contributed by atoms with E-state index in [0.717, 1.165) is 16.8 Å². The third kappa shape index (κ3) is 2.58. The fraction of sp³-hybridized carbons (Fsp3) is 0.105. The van der Waals surface area contributed by atoms with Crippen molar-refractivity contribution in [2.75, 3.05) is 0 Å². The summed E-state index contributed by atoms with van der Waals surface area (Å²) < 4.78 is 2.03. The molecular weight excluding hydrogens is 294 g/mol. The van der Waals surface area contributed by atoms with E-state index >= 15 is 0 Å². The van der Waals surface area contributed by atoms with Crippen molar-refractivity contribution >= 4 is 34.7 Å². The molecule has 0 N–H and O–H groups in total. The number of benzene rings is 2. The quantitative estimate of drug-likeness (QED) is 0.674. The molecule has 110 valence electrons. The van der Waals surface area contributed by atoms with Crippen molar-refractivity contribution in [2.45, 2.75) is 6.92 Å². The number of fused-ring (bicyclic) bond motifs is 1. The maximum Gasteiger partial charge on any atom is 0.196 e. The summed E-state index contributed by atoms with van der Waals surface area (Å²) in [5, 5.41) is 1.22. The van der Waals surface area contributed by atoms with Crippen molar-refractivity contribution in [2.24, 2.45) is 7.05 Å². The summed E-state index contributed by atoms with van der Waals surface area (Å²) in [4.78, 5) is 12.8. The molecule has 3 heteroatoms. The maximum absolute atomic E-state index is 12.8. The van der Waals surface area contributed by atoms with E-state index in [1.807, 2.05) is 73.2 Å². The van der Waals surface area contributed by atoms with Gasteiger partial charge < -0.3 is 4.57 Å². The summed E-state index contributed by atoms with van der Waals surface area (Å²) in [5.74, 6) is 0. The maximum atomic E-state index is 12.8. The predicted octanol–water partition coefficient (Wildman–Crippen LogP) is 4.67. The summed E-state index contributed by atoms with van der Waals surface area (Å²) in [6, 6.07) is 15.4. The number of aryl methyl sites for hydroxylation is 1. The number of hydrogen-bond acceptors (Lipinski definition) is 1. The molecule has 0 fully saturated rings. The summed E-state index contributed by atoms with van der Waals surface area (Å²) in [7, 11) is 1.96. The highest BCUT2D eigenvalue weighted by Crippen LogP contribution is 2.20. The Morgan fingerprint density at radius 1 is 1.05 bits per heavy atom. The van der Waals surface area contributed by atoms with E-state index < -0.39 is 0 Å². The Kier molecular flexibility index (Phi) is 3.86. The second-order valence-corrected chi connectivity index (χ2v) is 5.73. The predicted molar refractivity (Wildman–Crippen MR) is 94.3 cm³/mol. The van der Waals surface area contributed by atoms with Gasteiger partial charge in [-0.05, 0) is 36.8 Å². The van der Waals surface area contributed by atoms with E-state index in [2.05, 4.69) is 0 Å². The average molecular weight is 310 g/mol. The zero-order chi connectivity index (χ0) is 15.7. The molecule has 0 saturated carbocycles. The molecule has 0 radical (unpaired) electrons. The SMILES string of the molecule is Cc1c(/C=C/c2ccccc2)c(=O)c2cc(Cl)ccc2n1C. The van der Waals surface area contributed by atoms with Crippen molar-refractivity contribution < 1.29 is 0 Å². The lowest BCUT2D eigenvalue weighted by molar-refractivity contribution is 0.894. The van der Waals surface area contributed by atoms with Gasteiger partial charge in [0, 0.05) is 28.7 Å². The van der Waals surface area contributed by atoms with Gasteiger partial charge in [0.05, 0.1) is 5.52 Å². The molecule has 0 unspecified atom stereocenters. The van der Waals surface area contributed by atoms with Gasteiger partial charge in [0.1, 0.15) is 0 Å². The van der Waals surface area contributed by atoms with Gasteiger partial charge in [-0.25, -0.2) is 0 Å². The molecule has 0 amide bonds. The Morgan fingerprint density at radius 2 is 1.77 bits per heavy atom. The van der Waals surface area contributed by atoms with Gasteiger partial charge in [-0.3, -0.25) is 4.79 Å². The van der Waals surface area contributed by atoms with Gasteiger partial charge in [-0.1, -0.05) is 48.0 Å². The van der Waals surface area contributed by atoms with Gasteiger partial charge in [0.25, 0.3) is 0 Å². The number of halogens is 1. The van der Waals surface area contributed by atoms with E-state index in [1.165, 1.54) is 0 Å². The van der Waals surface area contributed by atoms with Crippen molar-refractivity contribution in [3.8, 4) is 0 Å². The van der Waals surface area contributed by atoms with Crippen LogP contribution < -0.4 is 5.43 Å². The molecule has 2 nitrogen and oxygen atoms in total. The molecule has 0 spiro atoms. The Labute approximate surface area is 134 Å². The van der Waals surface area contributed by atoms with Crippen LogP contribution in [0, 0.1) is 6.92 Å². The second-order valence-electron chi connectivity index (χ2n) is 5.29. The molecule has 0 saturated heterocycles. The van der Waals surface area contributed by atoms with Crippen LogP contribution in [0.2, 0.25) is 5.02 Å². The summed E-state index contributed by atoms with van der Waals surface area (Å²) >= 11 is 6.04. The van der Waals surface area contributed by atoms with Crippen LogP contribution in [-0.4, -0.2) is 4.57 Å². The van der Waals surface area contributed by atoms with Crippen LogP contribution in [0.4, 0.5) is 0 Å². The van der Waals surface area contributed by atoms with Crippen LogP contribution in [0.3, 0.4) is 0 Å². The van der Waals surface area contributed by atoms with Crippen molar-refractivity contribution in [3.05, 3.63) is 80.6 Å². The topological polar surface area (TPSA) is 22.0 Å². The lowest BCUT2D eigenvalue weighted by atomic mass is 10.1. The molecule has 0 atom stereocenters. The third-order valence-corrected chi connectivity index (χ3v) is 4.18. The van der Waals surface area contributed by atoms with Crippen molar-refractivity contribution in [1.82, 2.24) is 4.57 Å². The smallest absolute Gasteiger partial charge is 0.196 e. The van der Waals surface area contributed by atoms with Gasteiger partial charge in [0.2, 0.25) is 0 Å². The highest BCUT2D eigenvalue weighted by molar-refractivity contribution is 6.31. The highest BCUT2D eigenvalue weighted by atomic mass is 35.5. The fourth-order valence-corrected chi connectivity index (χ4v) is 2.77. The molecule has 3 rings (SSSR count). The Bertz CT molecular complexity index is 924. The molecule has 3 aromatic rings. The van der Waals surface area contributed by atoms with Gasteiger partial charge >= 0.3 is 0 Å². The van der Waals surface area contributed by atoms with Crippen LogP contribution in [-0.2, 0) is 7.05 Å². The zero-order valence-corrected chi connectivity index (χ0v) is 13.3. The molecule has 1 heterocycles. The van der Waals surface area contributed by atoms with Crippen molar-refractivity contribution in [1.29, 1.82) is 0 Å². The van der Waals surface area contributed by atoms with Crippen LogP contribution >= 0.6 is 11.6 Å². The minimum Gasteiger partial charge on any atom is -0.347 e. The van der Waals surface area contributed by atoms with Gasteiger partial charge in [-0.2, -0.15) is 0 Å². The molecular formula is C19H16ClNO. The number of aromatic nitrogens is 1. The van der Waals surface area contributed by atoms with E-state index in [9.17, 15) is 4.79 Å². The van der Waals surface area contributed by atoms with E-state index in [4.69, 9.17) is 11.6 Å². The van der Waals surface area contributed by atoms with Crippen LogP contribution in [0.15, 0.2) is 53.3 Å². The first kappa shape index (κ1) is 14.6. The Hall–Kier alpha value is -2.32.